The molecular formula is C24H18N4O3. The number of hydrogen-bond donors (Lipinski definition) is 0. The third-order valence-electron chi connectivity index (χ3n) is 6.13. The SMILES string of the molecule is Cc1cc2nc3c(C#N)c(-c4ccc([N+](=O)[O-])cc4)c4c(n3c2cc1C)CCCC4=O. The average Bonchev–Trinajstić information content (AvgIpc) is 3.11. The summed E-state index contributed by atoms with van der Waals surface area (Å²) >= 11 is 0. The van der Waals surface area contributed by atoms with Crippen LogP contribution in [0.3, 0.4) is 0 Å². The van der Waals surface area contributed by atoms with E-state index in [1.807, 2.05) is 24.3 Å². The Balaban J connectivity index is 1.95. The largest absolute Gasteiger partial charge is 0.295 e. The van der Waals surface area contributed by atoms with E-state index in [0.29, 0.717) is 40.7 Å². The maximum Gasteiger partial charge on any atom is 0.269 e. The van der Waals surface area contributed by atoms with Crippen LogP contribution in [0.1, 0.15) is 45.6 Å². The summed E-state index contributed by atoms with van der Waals surface area (Å²) in [5, 5.41) is 21.2. The summed E-state index contributed by atoms with van der Waals surface area (Å²) < 4.78 is 1.96. The van der Waals surface area contributed by atoms with Gasteiger partial charge in [0.1, 0.15) is 11.6 Å². The van der Waals surface area contributed by atoms with Crippen molar-refractivity contribution in [2.24, 2.45) is 0 Å². The van der Waals surface area contributed by atoms with E-state index < -0.39 is 4.92 Å². The summed E-state index contributed by atoms with van der Waals surface area (Å²) in [7, 11) is 0. The number of imidazole rings is 1. The van der Waals surface area contributed by atoms with Gasteiger partial charge < -0.3 is 0 Å². The van der Waals surface area contributed by atoms with Crippen molar-refractivity contribution in [1.82, 2.24) is 9.38 Å². The van der Waals surface area contributed by atoms with Gasteiger partial charge in [0.15, 0.2) is 11.4 Å². The average molecular weight is 410 g/mol. The normalized spacial score (nSPS) is 13.4. The zero-order chi connectivity index (χ0) is 21.9. The molecule has 0 atom stereocenters. The van der Waals surface area contributed by atoms with E-state index in [4.69, 9.17) is 4.98 Å². The number of pyridine rings is 1. The number of carbonyl (C=O) groups is 1. The highest BCUT2D eigenvalue weighted by Crippen LogP contribution is 2.39. The third kappa shape index (κ3) is 2.72. The topological polar surface area (TPSA) is 101 Å². The highest BCUT2D eigenvalue weighted by atomic mass is 16.6. The number of hydrogen-bond acceptors (Lipinski definition) is 5. The van der Waals surface area contributed by atoms with Gasteiger partial charge in [-0.05, 0) is 67.6 Å². The molecule has 0 spiro atoms. The second kappa shape index (κ2) is 6.74. The number of nitriles is 1. The summed E-state index contributed by atoms with van der Waals surface area (Å²) in [4.78, 5) is 28.5. The predicted molar refractivity (Wildman–Crippen MR) is 116 cm³/mol. The van der Waals surface area contributed by atoms with Gasteiger partial charge in [0, 0.05) is 35.4 Å². The van der Waals surface area contributed by atoms with E-state index in [1.54, 1.807) is 12.1 Å². The number of fused-ring (bicyclic) bond motifs is 5. The Morgan fingerprint density at radius 2 is 1.81 bits per heavy atom. The Kier molecular flexibility index (Phi) is 4.12. The molecule has 0 fully saturated rings. The van der Waals surface area contributed by atoms with Crippen molar-refractivity contribution >= 4 is 28.2 Å². The van der Waals surface area contributed by atoms with E-state index >= 15 is 0 Å². The van der Waals surface area contributed by atoms with Crippen molar-refractivity contribution in [2.75, 3.05) is 0 Å². The van der Waals surface area contributed by atoms with Crippen molar-refractivity contribution < 1.29 is 9.72 Å². The lowest BCUT2D eigenvalue weighted by Crippen LogP contribution is -2.18. The lowest BCUT2D eigenvalue weighted by molar-refractivity contribution is -0.384. The zero-order valence-corrected chi connectivity index (χ0v) is 17.1. The molecular weight excluding hydrogens is 392 g/mol. The Morgan fingerprint density at radius 3 is 2.48 bits per heavy atom. The number of aryl methyl sites for hydroxylation is 3. The first-order valence-electron chi connectivity index (χ1n) is 10.1. The Bertz CT molecular complexity index is 1470. The molecule has 7 nitrogen and oxygen atoms in total. The summed E-state index contributed by atoms with van der Waals surface area (Å²) in [6.45, 7) is 4.05. The lowest BCUT2D eigenvalue weighted by atomic mass is 9.85. The quantitative estimate of drug-likeness (QED) is 0.339. The van der Waals surface area contributed by atoms with Crippen LogP contribution in [0, 0.1) is 35.3 Å². The molecule has 5 rings (SSSR count). The van der Waals surface area contributed by atoms with Crippen molar-refractivity contribution in [3.05, 3.63) is 74.5 Å². The molecule has 4 aromatic rings. The molecule has 7 heteroatoms. The van der Waals surface area contributed by atoms with Gasteiger partial charge >= 0.3 is 0 Å². The molecule has 1 aliphatic carbocycles. The fourth-order valence-corrected chi connectivity index (χ4v) is 4.49. The van der Waals surface area contributed by atoms with Gasteiger partial charge in [0.25, 0.3) is 5.69 Å². The fraction of sp³-hybridized carbons (Fsp3) is 0.208. The highest BCUT2D eigenvalue weighted by Gasteiger charge is 2.30. The minimum Gasteiger partial charge on any atom is -0.295 e. The number of Topliss-reactive ketones (excluding diaryl/α,β-unsaturated/α-hetero) is 1. The van der Waals surface area contributed by atoms with Gasteiger partial charge in [-0.3, -0.25) is 19.3 Å². The van der Waals surface area contributed by atoms with E-state index in [2.05, 4.69) is 12.1 Å². The van der Waals surface area contributed by atoms with Gasteiger partial charge in [-0.1, -0.05) is 0 Å². The number of nitrogens with zero attached hydrogens (tertiary/aromatic N) is 4. The fourth-order valence-electron chi connectivity index (χ4n) is 4.49. The van der Waals surface area contributed by atoms with Crippen molar-refractivity contribution in [3.8, 4) is 17.2 Å². The molecule has 0 saturated carbocycles. The minimum absolute atomic E-state index is 0.0151. The number of nitro groups is 1. The first-order valence-corrected chi connectivity index (χ1v) is 10.1. The van der Waals surface area contributed by atoms with Gasteiger partial charge in [-0.2, -0.15) is 5.26 Å². The highest BCUT2D eigenvalue weighted by molar-refractivity contribution is 6.07. The molecule has 0 amide bonds. The smallest absolute Gasteiger partial charge is 0.269 e. The number of rotatable bonds is 2. The summed E-state index contributed by atoms with van der Waals surface area (Å²) in [5.74, 6) is -0.0151. The van der Waals surface area contributed by atoms with E-state index in [1.165, 1.54) is 12.1 Å². The Labute approximate surface area is 177 Å². The molecule has 0 bridgehead atoms. The molecule has 31 heavy (non-hydrogen) atoms. The van der Waals surface area contributed by atoms with Crippen LogP contribution >= 0.6 is 0 Å². The van der Waals surface area contributed by atoms with E-state index in [-0.39, 0.29) is 11.5 Å². The lowest BCUT2D eigenvalue weighted by Gasteiger charge is -2.22. The van der Waals surface area contributed by atoms with Gasteiger partial charge in [-0.25, -0.2) is 4.98 Å². The molecule has 0 unspecified atom stereocenters. The maximum absolute atomic E-state index is 13.1. The third-order valence-corrected chi connectivity index (χ3v) is 6.13. The maximum atomic E-state index is 13.1. The molecule has 2 aromatic carbocycles. The molecule has 2 aromatic heterocycles. The standard InChI is InChI=1S/C24H18N4O3/c1-13-10-18-20(11-14(13)2)27-19-4-3-5-21(29)23(19)22(17(12-25)24(27)26-18)15-6-8-16(9-7-15)28(30)31/h6-11H,3-5H2,1-2H3. The molecule has 2 heterocycles. The molecule has 0 aliphatic heterocycles. The van der Waals surface area contributed by atoms with E-state index in [0.717, 1.165) is 34.3 Å². The van der Waals surface area contributed by atoms with E-state index in [9.17, 15) is 20.2 Å². The van der Waals surface area contributed by atoms with Gasteiger partial charge in [0.2, 0.25) is 0 Å². The number of carbonyl (C=O) groups excluding carboxylic acids is 1. The van der Waals surface area contributed by atoms with Crippen molar-refractivity contribution in [1.29, 1.82) is 5.26 Å². The molecule has 0 N–H and O–H groups in total. The monoisotopic (exact) mass is 410 g/mol. The van der Waals surface area contributed by atoms with Crippen LogP contribution in [0.2, 0.25) is 0 Å². The van der Waals surface area contributed by atoms with Crippen LogP contribution in [0.25, 0.3) is 27.8 Å². The summed E-state index contributed by atoms with van der Waals surface area (Å²) in [5.41, 5.74) is 7.18. The summed E-state index contributed by atoms with van der Waals surface area (Å²) in [6.07, 6.45) is 1.84. The van der Waals surface area contributed by atoms with Crippen LogP contribution in [0.5, 0.6) is 0 Å². The van der Waals surface area contributed by atoms with Crippen molar-refractivity contribution in [2.45, 2.75) is 33.1 Å². The number of nitro benzene ring substituents is 1. The molecule has 0 radical (unpaired) electrons. The minimum atomic E-state index is -0.467. The van der Waals surface area contributed by atoms with Crippen LogP contribution in [0.4, 0.5) is 5.69 Å². The second-order valence-electron chi connectivity index (χ2n) is 7.96. The molecule has 152 valence electrons. The van der Waals surface area contributed by atoms with Crippen LogP contribution in [0.15, 0.2) is 36.4 Å². The van der Waals surface area contributed by atoms with Gasteiger partial charge in [-0.15, -0.1) is 0 Å². The molecule has 0 saturated heterocycles. The van der Waals surface area contributed by atoms with Gasteiger partial charge in [0.05, 0.1) is 16.0 Å². The molecule has 1 aliphatic rings. The number of benzene rings is 2. The summed E-state index contributed by atoms with van der Waals surface area (Å²) in [6, 6.07) is 12.3. The second-order valence-corrected chi connectivity index (χ2v) is 7.96. The number of ketones is 1. The van der Waals surface area contributed by atoms with Crippen molar-refractivity contribution in [3.63, 3.8) is 0 Å². The number of non-ortho nitro benzene ring substituents is 1. The van der Waals surface area contributed by atoms with Crippen LogP contribution < -0.4 is 0 Å². The first-order chi connectivity index (χ1) is 14.9. The predicted octanol–water partition coefficient (Wildman–Crippen LogP) is 5.07. The number of aromatic nitrogens is 2. The first kappa shape index (κ1) is 18.9. The Hall–Kier alpha value is -4.05. The van der Waals surface area contributed by atoms with Crippen LogP contribution in [-0.4, -0.2) is 20.1 Å². The zero-order valence-electron chi connectivity index (χ0n) is 17.1. The Morgan fingerprint density at radius 1 is 1.10 bits per heavy atom. The van der Waals surface area contributed by atoms with Crippen LogP contribution in [-0.2, 0) is 6.42 Å².